The molecule has 0 unspecified atom stereocenters. The van der Waals surface area contributed by atoms with E-state index in [1.807, 2.05) is 55.5 Å². The number of hydrogen-bond acceptors (Lipinski definition) is 3. The highest BCUT2D eigenvalue weighted by atomic mass is 16.2. The number of carbonyl (C=O) groups is 1. The lowest BCUT2D eigenvalue weighted by Crippen LogP contribution is -2.18. The Labute approximate surface area is 172 Å². The minimum Gasteiger partial charge on any atom is -0.358 e. The third kappa shape index (κ3) is 3.24. The van der Waals surface area contributed by atoms with Crippen molar-refractivity contribution in [3.05, 3.63) is 89.7 Å². The molecule has 5 rings (SSSR count). The van der Waals surface area contributed by atoms with Crippen LogP contribution in [0.15, 0.2) is 77.9 Å². The van der Waals surface area contributed by atoms with Crippen molar-refractivity contribution in [1.82, 2.24) is 20.6 Å². The number of hydrogen-bond donors (Lipinski definition) is 3. The summed E-state index contributed by atoms with van der Waals surface area (Å²) in [5.41, 5.74) is 7.56. The molecule has 2 aromatic heterocycles. The topological polar surface area (TPSA) is 85.9 Å². The lowest BCUT2D eigenvalue weighted by Gasteiger charge is -2.00. The Kier molecular flexibility index (Phi) is 4.37. The van der Waals surface area contributed by atoms with E-state index in [1.165, 1.54) is 0 Å². The van der Waals surface area contributed by atoms with Gasteiger partial charge in [0.1, 0.15) is 5.69 Å². The van der Waals surface area contributed by atoms with Gasteiger partial charge < -0.3 is 4.98 Å². The molecular weight excluding hydrogens is 374 g/mol. The molecule has 0 saturated carbocycles. The number of aromatic amines is 2. The first-order valence-electron chi connectivity index (χ1n) is 9.64. The molecule has 0 saturated heterocycles. The second kappa shape index (κ2) is 7.33. The largest absolute Gasteiger partial charge is 0.358 e. The zero-order valence-electron chi connectivity index (χ0n) is 16.3. The molecule has 0 aliphatic heterocycles. The van der Waals surface area contributed by atoms with E-state index in [9.17, 15) is 4.79 Å². The van der Waals surface area contributed by atoms with Crippen molar-refractivity contribution in [2.75, 3.05) is 0 Å². The zero-order chi connectivity index (χ0) is 20.5. The van der Waals surface area contributed by atoms with Crippen molar-refractivity contribution in [3.8, 4) is 11.3 Å². The van der Waals surface area contributed by atoms with E-state index >= 15 is 0 Å². The number of fused-ring (bicyclic) bond motifs is 2. The molecule has 30 heavy (non-hydrogen) atoms. The van der Waals surface area contributed by atoms with E-state index in [4.69, 9.17) is 0 Å². The van der Waals surface area contributed by atoms with Gasteiger partial charge in [-0.3, -0.25) is 9.89 Å². The number of benzene rings is 3. The highest BCUT2D eigenvalue weighted by Crippen LogP contribution is 2.23. The van der Waals surface area contributed by atoms with Crippen LogP contribution in [0.4, 0.5) is 0 Å². The molecule has 0 bridgehead atoms. The van der Waals surface area contributed by atoms with Gasteiger partial charge in [-0.2, -0.15) is 10.2 Å². The molecule has 0 fully saturated rings. The number of rotatable bonds is 4. The number of aromatic nitrogens is 3. The smallest absolute Gasteiger partial charge is 0.289 e. The molecule has 5 aromatic rings. The van der Waals surface area contributed by atoms with Crippen LogP contribution in [-0.4, -0.2) is 27.3 Å². The molecule has 146 valence electrons. The standard InChI is InChI=1S/C24H19N5O/c1-15-20(19-8-4-5-9-21(19)26-15)14-25-29-24(30)23-13-22(27-28-23)18-11-10-16-6-2-3-7-17(16)12-18/h2-14,26H,1H3,(H,27,28)(H,29,30)/b25-14-. The third-order valence-corrected chi connectivity index (χ3v) is 5.17. The van der Waals surface area contributed by atoms with Gasteiger partial charge in [-0.05, 0) is 35.9 Å². The molecule has 0 radical (unpaired) electrons. The van der Waals surface area contributed by atoms with Gasteiger partial charge >= 0.3 is 0 Å². The summed E-state index contributed by atoms with van der Waals surface area (Å²) in [4.78, 5) is 15.8. The second-order valence-corrected chi connectivity index (χ2v) is 7.14. The van der Waals surface area contributed by atoms with Crippen LogP contribution in [-0.2, 0) is 0 Å². The van der Waals surface area contributed by atoms with Gasteiger partial charge in [0, 0.05) is 27.7 Å². The Bertz CT molecular complexity index is 1410. The minimum atomic E-state index is -0.344. The number of amides is 1. The molecule has 0 atom stereocenters. The maximum atomic E-state index is 12.5. The number of hydrazone groups is 1. The van der Waals surface area contributed by atoms with Crippen molar-refractivity contribution in [1.29, 1.82) is 0 Å². The number of H-pyrrole nitrogens is 2. The van der Waals surface area contributed by atoms with Crippen LogP contribution < -0.4 is 5.43 Å². The zero-order valence-corrected chi connectivity index (χ0v) is 16.3. The molecule has 1 amide bonds. The Morgan fingerprint density at radius 1 is 1.00 bits per heavy atom. The second-order valence-electron chi connectivity index (χ2n) is 7.14. The fraction of sp³-hybridized carbons (Fsp3) is 0.0417. The first-order valence-corrected chi connectivity index (χ1v) is 9.64. The number of carbonyl (C=O) groups excluding carboxylic acids is 1. The number of para-hydroxylation sites is 1. The summed E-state index contributed by atoms with van der Waals surface area (Å²) in [6.07, 6.45) is 1.66. The van der Waals surface area contributed by atoms with Crippen LogP contribution in [0, 0.1) is 6.92 Å². The van der Waals surface area contributed by atoms with Gasteiger partial charge in [0.2, 0.25) is 0 Å². The predicted molar refractivity (Wildman–Crippen MR) is 120 cm³/mol. The van der Waals surface area contributed by atoms with E-state index in [2.05, 4.69) is 43.9 Å². The third-order valence-electron chi connectivity index (χ3n) is 5.17. The van der Waals surface area contributed by atoms with Gasteiger partial charge in [-0.1, -0.05) is 54.6 Å². The highest BCUT2D eigenvalue weighted by molar-refractivity contribution is 6.01. The van der Waals surface area contributed by atoms with Crippen LogP contribution in [0.1, 0.15) is 21.7 Å². The van der Waals surface area contributed by atoms with Gasteiger partial charge in [0.05, 0.1) is 11.9 Å². The van der Waals surface area contributed by atoms with E-state index < -0.39 is 0 Å². The summed E-state index contributed by atoms with van der Waals surface area (Å²) in [7, 11) is 0. The summed E-state index contributed by atoms with van der Waals surface area (Å²) in [6, 6.07) is 24.0. The minimum absolute atomic E-state index is 0.344. The van der Waals surface area contributed by atoms with Crippen LogP contribution in [0.25, 0.3) is 32.9 Å². The lowest BCUT2D eigenvalue weighted by molar-refractivity contribution is 0.0950. The molecule has 6 heteroatoms. The average molecular weight is 393 g/mol. The molecule has 0 aliphatic rings. The SMILES string of the molecule is Cc1[nH]c2ccccc2c1/C=N\NC(=O)c1cc(-c2ccc3ccccc3c2)n[nH]1. The number of nitrogens with zero attached hydrogens (tertiary/aromatic N) is 2. The first kappa shape index (κ1) is 17.9. The van der Waals surface area contributed by atoms with Crippen LogP contribution in [0.3, 0.4) is 0 Å². The maximum absolute atomic E-state index is 12.5. The van der Waals surface area contributed by atoms with Crippen LogP contribution in [0.2, 0.25) is 0 Å². The van der Waals surface area contributed by atoms with Crippen LogP contribution >= 0.6 is 0 Å². The van der Waals surface area contributed by atoms with Crippen molar-refractivity contribution in [2.24, 2.45) is 5.10 Å². The quantitative estimate of drug-likeness (QED) is 0.303. The van der Waals surface area contributed by atoms with Crippen molar-refractivity contribution in [2.45, 2.75) is 6.92 Å². The molecule has 0 spiro atoms. The van der Waals surface area contributed by atoms with E-state index in [0.29, 0.717) is 11.4 Å². The van der Waals surface area contributed by atoms with Crippen molar-refractivity contribution < 1.29 is 4.79 Å². The summed E-state index contributed by atoms with van der Waals surface area (Å²) < 4.78 is 0. The molecule has 3 N–H and O–H groups in total. The predicted octanol–water partition coefficient (Wildman–Crippen LogP) is 4.78. The fourth-order valence-electron chi connectivity index (χ4n) is 3.61. The van der Waals surface area contributed by atoms with Gasteiger partial charge in [-0.15, -0.1) is 0 Å². The lowest BCUT2D eigenvalue weighted by atomic mass is 10.1. The molecular formula is C24H19N5O. The number of nitrogens with one attached hydrogen (secondary N) is 3. The summed E-state index contributed by atoms with van der Waals surface area (Å²) in [6.45, 7) is 1.98. The Balaban J connectivity index is 1.34. The van der Waals surface area contributed by atoms with Crippen LogP contribution in [0.5, 0.6) is 0 Å². The Morgan fingerprint density at radius 3 is 2.70 bits per heavy atom. The van der Waals surface area contributed by atoms with Crippen molar-refractivity contribution in [3.63, 3.8) is 0 Å². The van der Waals surface area contributed by atoms with Gasteiger partial charge in [-0.25, -0.2) is 5.43 Å². The average Bonchev–Trinajstić information content (AvgIpc) is 3.38. The summed E-state index contributed by atoms with van der Waals surface area (Å²) in [5.74, 6) is -0.344. The highest BCUT2D eigenvalue weighted by Gasteiger charge is 2.11. The molecule has 0 aliphatic carbocycles. The first-order chi connectivity index (χ1) is 14.7. The molecule has 6 nitrogen and oxygen atoms in total. The maximum Gasteiger partial charge on any atom is 0.289 e. The Hall–Kier alpha value is -4.19. The van der Waals surface area contributed by atoms with E-state index in [1.54, 1.807) is 12.3 Å². The van der Waals surface area contributed by atoms with Crippen molar-refractivity contribution >= 4 is 33.8 Å². The molecule has 2 heterocycles. The monoisotopic (exact) mass is 393 g/mol. The summed E-state index contributed by atoms with van der Waals surface area (Å²) in [5, 5.41) is 14.6. The van der Waals surface area contributed by atoms with E-state index in [0.717, 1.165) is 38.5 Å². The number of aryl methyl sites for hydroxylation is 1. The van der Waals surface area contributed by atoms with E-state index in [-0.39, 0.29) is 5.91 Å². The van der Waals surface area contributed by atoms with Gasteiger partial charge in [0.25, 0.3) is 5.91 Å². The van der Waals surface area contributed by atoms with Gasteiger partial charge in [0.15, 0.2) is 0 Å². The Morgan fingerprint density at radius 2 is 1.80 bits per heavy atom. The fourth-order valence-corrected chi connectivity index (χ4v) is 3.61. The summed E-state index contributed by atoms with van der Waals surface area (Å²) >= 11 is 0. The normalized spacial score (nSPS) is 11.5. The molecule has 3 aromatic carbocycles.